The van der Waals surface area contributed by atoms with Gasteiger partial charge in [-0.3, -0.25) is 4.79 Å². The summed E-state index contributed by atoms with van der Waals surface area (Å²) >= 11 is 0. The Balaban J connectivity index is 1.32. The van der Waals surface area contributed by atoms with Crippen molar-refractivity contribution in [2.45, 2.75) is 25.7 Å². The number of rotatable bonds is 4. The van der Waals surface area contributed by atoms with Crippen molar-refractivity contribution in [1.29, 1.82) is 0 Å². The fourth-order valence-corrected chi connectivity index (χ4v) is 3.81. The monoisotopic (exact) mass is 332 g/mol. The highest BCUT2D eigenvalue weighted by molar-refractivity contribution is 5.98. The third kappa shape index (κ3) is 3.60. The summed E-state index contributed by atoms with van der Waals surface area (Å²) in [6, 6.07) is 18.6. The number of benzene rings is 2. The van der Waals surface area contributed by atoms with E-state index < -0.39 is 0 Å². The lowest BCUT2D eigenvalue weighted by molar-refractivity contribution is 0.0687. The number of amides is 1. The number of aromatic nitrogens is 1. The molecule has 0 radical (unpaired) electrons. The summed E-state index contributed by atoms with van der Waals surface area (Å²) in [5, 5.41) is 1.10. The predicted octanol–water partition coefficient (Wildman–Crippen LogP) is 4.65. The summed E-state index contributed by atoms with van der Waals surface area (Å²) in [4.78, 5) is 18.0. The fraction of sp³-hybridized carbons (Fsp3) is 0.318. The molecule has 128 valence electrons. The predicted molar refractivity (Wildman–Crippen MR) is 102 cm³/mol. The molecular formula is C22H24N2O. The van der Waals surface area contributed by atoms with Crippen LogP contribution in [0, 0.1) is 5.92 Å². The summed E-state index contributed by atoms with van der Waals surface area (Å²) in [6.07, 6.45) is 6.51. The Morgan fingerprint density at radius 2 is 1.84 bits per heavy atom. The molecule has 1 N–H and O–H groups in total. The first kappa shape index (κ1) is 15.9. The van der Waals surface area contributed by atoms with Crippen LogP contribution in [0.3, 0.4) is 0 Å². The summed E-state index contributed by atoms with van der Waals surface area (Å²) in [5.74, 6) is 0.904. The zero-order chi connectivity index (χ0) is 17.1. The molecule has 0 unspecified atom stereocenters. The van der Waals surface area contributed by atoms with Gasteiger partial charge in [0, 0.05) is 35.8 Å². The van der Waals surface area contributed by atoms with Crippen molar-refractivity contribution in [1.82, 2.24) is 9.88 Å². The molecule has 2 heterocycles. The van der Waals surface area contributed by atoms with E-state index in [0.717, 1.165) is 54.7 Å². The second-order valence-electron chi connectivity index (χ2n) is 7.04. The van der Waals surface area contributed by atoms with Crippen LogP contribution in [0.15, 0.2) is 60.8 Å². The maximum absolute atomic E-state index is 12.8. The van der Waals surface area contributed by atoms with Gasteiger partial charge in [-0.15, -0.1) is 0 Å². The van der Waals surface area contributed by atoms with E-state index in [2.05, 4.69) is 35.3 Å². The summed E-state index contributed by atoms with van der Waals surface area (Å²) in [6.45, 7) is 1.76. The number of nitrogens with one attached hydrogen (secondary N) is 1. The Kier molecular flexibility index (Phi) is 4.55. The van der Waals surface area contributed by atoms with Crippen molar-refractivity contribution in [3.63, 3.8) is 0 Å². The second-order valence-corrected chi connectivity index (χ2v) is 7.04. The van der Waals surface area contributed by atoms with E-state index in [1.54, 1.807) is 0 Å². The van der Waals surface area contributed by atoms with Crippen molar-refractivity contribution in [2.75, 3.05) is 13.1 Å². The quantitative estimate of drug-likeness (QED) is 0.741. The van der Waals surface area contributed by atoms with Crippen LogP contribution in [0.25, 0.3) is 10.9 Å². The standard InChI is InChI=1S/C22H24N2O/c25-22(20-8-9-21-19(16-20)10-13-23-21)24-14-11-18(12-15-24)7-6-17-4-2-1-3-5-17/h1-5,8-10,13,16,18,23H,6-7,11-12,14-15H2. The van der Waals surface area contributed by atoms with E-state index >= 15 is 0 Å². The molecule has 1 amide bonds. The highest BCUT2D eigenvalue weighted by Crippen LogP contribution is 2.24. The molecule has 25 heavy (non-hydrogen) atoms. The number of aromatic amines is 1. The molecule has 1 aliphatic rings. The van der Waals surface area contributed by atoms with Gasteiger partial charge in [0.15, 0.2) is 0 Å². The molecule has 3 heteroatoms. The smallest absolute Gasteiger partial charge is 0.253 e. The summed E-state index contributed by atoms with van der Waals surface area (Å²) in [7, 11) is 0. The van der Waals surface area contributed by atoms with Crippen molar-refractivity contribution in [3.8, 4) is 0 Å². The molecule has 1 fully saturated rings. The average molecular weight is 332 g/mol. The molecule has 3 nitrogen and oxygen atoms in total. The van der Waals surface area contributed by atoms with Crippen LogP contribution in [-0.2, 0) is 6.42 Å². The maximum Gasteiger partial charge on any atom is 0.253 e. The number of fused-ring (bicyclic) bond motifs is 1. The molecule has 1 aliphatic heterocycles. The Morgan fingerprint density at radius 3 is 2.64 bits per heavy atom. The van der Waals surface area contributed by atoms with Gasteiger partial charge in [0.25, 0.3) is 5.91 Å². The van der Waals surface area contributed by atoms with Gasteiger partial charge >= 0.3 is 0 Å². The van der Waals surface area contributed by atoms with Crippen molar-refractivity contribution in [2.24, 2.45) is 5.92 Å². The minimum atomic E-state index is 0.171. The number of likely N-dealkylation sites (tertiary alicyclic amines) is 1. The molecule has 0 aliphatic carbocycles. The first-order valence-electron chi connectivity index (χ1n) is 9.20. The van der Waals surface area contributed by atoms with Crippen molar-refractivity contribution >= 4 is 16.8 Å². The lowest BCUT2D eigenvalue weighted by atomic mass is 9.90. The number of carbonyl (C=O) groups is 1. The van der Waals surface area contributed by atoms with Gasteiger partial charge in [-0.2, -0.15) is 0 Å². The Hall–Kier alpha value is -2.55. The molecule has 1 saturated heterocycles. The largest absolute Gasteiger partial charge is 0.361 e. The number of nitrogens with zero attached hydrogens (tertiary/aromatic N) is 1. The van der Waals surface area contributed by atoms with E-state index in [4.69, 9.17) is 0 Å². The lowest BCUT2D eigenvalue weighted by Crippen LogP contribution is -2.38. The molecule has 0 saturated carbocycles. The van der Waals surface area contributed by atoms with Crippen LogP contribution in [0.1, 0.15) is 35.2 Å². The Bertz CT molecular complexity index is 845. The van der Waals surface area contributed by atoms with E-state index in [-0.39, 0.29) is 5.91 Å². The number of H-pyrrole nitrogens is 1. The van der Waals surface area contributed by atoms with E-state index in [9.17, 15) is 4.79 Å². The number of carbonyl (C=O) groups excluding carboxylic acids is 1. The molecule has 0 bridgehead atoms. The third-order valence-corrected chi connectivity index (χ3v) is 5.39. The van der Waals surface area contributed by atoms with Crippen LogP contribution in [-0.4, -0.2) is 28.9 Å². The van der Waals surface area contributed by atoms with Gasteiger partial charge in [-0.05, 0) is 61.4 Å². The lowest BCUT2D eigenvalue weighted by Gasteiger charge is -2.32. The van der Waals surface area contributed by atoms with Gasteiger partial charge in [-0.25, -0.2) is 0 Å². The second kappa shape index (κ2) is 7.14. The van der Waals surface area contributed by atoms with E-state index in [1.165, 1.54) is 12.0 Å². The molecule has 0 atom stereocenters. The first-order chi connectivity index (χ1) is 12.3. The van der Waals surface area contributed by atoms with Crippen molar-refractivity contribution in [3.05, 3.63) is 71.9 Å². The topological polar surface area (TPSA) is 36.1 Å². The van der Waals surface area contributed by atoms with Crippen LogP contribution in [0.4, 0.5) is 0 Å². The highest BCUT2D eigenvalue weighted by atomic mass is 16.2. The number of aryl methyl sites for hydroxylation is 1. The summed E-state index contributed by atoms with van der Waals surface area (Å²) < 4.78 is 0. The first-order valence-corrected chi connectivity index (χ1v) is 9.20. The van der Waals surface area contributed by atoms with Crippen LogP contribution >= 0.6 is 0 Å². The molecule has 0 spiro atoms. The van der Waals surface area contributed by atoms with E-state index in [1.807, 2.05) is 35.4 Å². The normalized spacial score (nSPS) is 15.6. The fourth-order valence-electron chi connectivity index (χ4n) is 3.81. The zero-order valence-electron chi connectivity index (χ0n) is 14.4. The average Bonchev–Trinajstić information content (AvgIpc) is 3.15. The maximum atomic E-state index is 12.8. The minimum Gasteiger partial charge on any atom is -0.361 e. The van der Waals surface area contributed by atoms with Crippen LogP contribution in [0.5, 0.6) is 0 Å². The number of hydrogen-bond acceptors (Lipinski definition) is 1. The summed E-state index contributed by atoms with van der Waals surface area (Å²) in [5.41, 5.74) is 3.30. The third-order valence-electron chi connectivity index (χ3n) is 5.39. The van der Waals surface area contributed by atoms with Gasteiger partial charge in [0.05, 0.1) is 0 Å². The Labute approximate surface area is 148 Å². The zero-order valence-corrected chi connectivity index (χ0v) is 14.4. The van der Waals surface area contributed by atoms with Gasteiger partial charge in [0.2, 0.25) is 0 Å². The SMILES string of the molecule is O=C(c1ccc2[nH]ccc2c1)N1CCC(CCc2ccccc2)CC1. The number of piperidine rings is 1. The highest BCUT2D eigenvalue weighted by Gasteiger charge is 2.23. The Morgan fingerprint density at radius 1 is 1.04 bits per heavy atom. The number of hydrogen-bond donors (Lipinski definition) is 1. The molecule has 1 aromatic heterocycles. The van der Waals surface area contributed by atoms with Crippen LogP contribution < -0.4 is 0 Å². The van der Waals surface area contributed by atoms with Crippen LogP contribution in [0.2, 0.25) is 0 Å². The van der Waals surface area contributed by atoms with Gasteiger partial charge in [-0.1, -0.05) is 30.3 Å². The van der Waals surface area contributed by atoms with Gasteiger partial charge < -0.3 is 9.88 Å². The minimum absolute atomic E-state index is 0.171. The molecule has 4 rings (SSSR count). The van der Waals surface area contributed by atoms with E-state index in [0.29, 0.717) is 0 Å². The molecule has 2 aromatic carbocycles. The van der Waals surface area contributed by atoms with Gasteiger partial charge in [0.1, 0.15) is 0 Å². The van der Waals surface area contributed by atoms with Crippen molar-refractivity contribution < 1.29 is 4.79 Å². The molecular weight excluding hydrogens is 308 g/mol. The molecule has 3 aromatic rings.